The van der Waals surface area contributed by atoms with Crippen LogP contribution in [0, 0.1) is 12.8 Å². The lowest BCUT2D eigenvalue weighted by atomic mass is 9.89. The Bertz CT molecular complexity index is 559. The van der Waals surface area contributed by atoms with Crippen molar-refractivity contribution >= 4 is 11.3 Å². The van der Waals surface area contributed by atoms with Crippen LogP contribution in [0.4, 0.5) is 0 Å². The molecule has 0 radical (unpaired) electrons. The van der Waals surface area contributed by atoms with Gasteiger partial charge in [-0.3, -0.25) is 4.98 Å². The van der Waals surface area contributed by atoms with E-state index in [1.54, 1.807) is 0 Å². The molecule has 1 aliphatic carbocycles. The quantitative estimate of drug-likeness (QED) is 0.812. The third-order valence-electron chi connectivity index (χ3n) is 3.89. The number of pyridine rings is 1. The maximum atomic E-state index is 4.83. The first kappa shape index (κ1) is 11.8. The van der Waals surface area contributed by atoms with Gasteiger partial charge in [-0.25, -0.2) is 4.98 Å². The first-order chi connectivity index (χ1) is 8.78. The molecule has 94 valence electrons. The molecule has 0 saturated heterocycles. The lowest BCUT2D eigenvalue weighted by Crippen LogP contribution is -2.11. The van der Waals surface area contributed by atoms with Crippen molar-refractivity contribution in [1.29, 1.82) is 0 Å². The summed E-state index contributed by atoms with van der Waals surface area (Å²) in [4.78, 5) is 10.6. The predicted molar refractivity (Wildman–Crippen MR) is 75.9 cm³/mol. The van der Waals surface area contributed by atoms with Crippen LogP contribution in [0.5, 0.6) is 0 Å². The van der Waals surface area contributed by atoms with Crippen LogP contribution in [0.15, 0.2) is 18.5 Å². The van der Waals surface area contributed by atoms with E-state index >= 15 is 0 Å². The molecular weight excluding hydrogens is 240 g/mol. The molecule has 0 bridgehead atoms. The van der Waals surface area contributed by atoms with Crippen molar-refractivity contribution in [2.24, 2.45) is 5.92 Å². The van der Waals surface area contributed by atoms with Gasteiger partial charge in [-0.15, -0.1) is 11.3 Å². The molecule has 3 rings (SSSR count). The monoisotopic (exact) mass is 258 g/mol. The number of nitrogens with zero attached hydrogens (tertiary/aromatic N) is 2. The van der Waals surface area contributed by atoms with E-state index in [1.807, 2.05) is 23.7 Å². The summed E-state index contributed by atoms with van der Waals surface area (Å²) in [6.07, 6.45) is 8.76. The van der Waals surface area contributed by atoms with Gasteiger partial charge in [0.1, 0.15) is 5.01 Å². The van der Waals surface area contributed by atoms with Crippen LogP contribution in [0.2, 0.25) is 0 Å². The van der Waals surface area contributed by atoms with E-state index < -0.39 is 0 Å². The van der Waals surface area contributed by atoms with Crippen LogP contribution in [-0.2, 0) is 12.8 Å². The summed E-state index contributed by atoms with van der Waals surface area (Å²) >= 11 is 1.87. The molecule has 0 N–H and O–H groups in total. The van der Waals surface area contributed by atoms with Gasteiger partial charge in [-0.05, 0) is 43.7 Å². The van der Waals surface area contributed by atoms with Crippen LogP contribution in [0.3, 0.4) is 0 Å². The van der Waals surface area contributed by atoms with Crippen LogP contribution < -0.4 is 0 Å². The number of hydrogen-bond acceptors (Lipinski definition) is 3. The lowest BCUT2D eigenvalue weighted by molar-refractivity contribution is 0.446. The van der Waals surface area contributed by atoms with Gasteiger partial charge in [0, 0.05) is 22.8 Å². The molecule has 0 fully saturated rings. The van der Waals surface area contributed by atoms with Crippen molar-refractivity contribution in [2.75, 3.05) is 0 Å². The third kappa shape index (κ3) is 2.07. The Morgan fingerprint density at radius 2 is 2.33 bits per heavy atom. The Morgan fingerprint density at radius 1 is 1.44 bits per heavy atom. The molecule has 0 aliphatic heterocycles. The van der Waals surface area contributed by atoms with E-state index in [0.717, 1.165) is 17.3 Å². The third-order valence-corrected chi connectivity index (χ3v) is 5.04. The second-order valence-corrected chi connectivity index (χ2v) is 6.18. The zero-order chi connectivity index (χ0) is 12.5. The van der Waals surface area contributed by atoms with Gasteiger partial charge in [-0.2, -0.15) is 0 Å². The minimum Gasteiger partial charge on any atom is -0.264 e. The molecule has 0 amide bonds. The summed E-state index contributed by atoms with van der Waals surface area (Å²) in [7, 11) is 0. The van der Waals surface area contributed by atoms with Gasteiger partial charge in [0.25, 0.3) is 0 Å². The largest absolute Gasteiger partial charge is 0.264 e. The first-order valence-corrected chi connectivity index (χ1v) is 7.49. The molecule has 1 atom stereocenters. The Hall–Kier alpha value is -1.22. The standard InChI is InChI=1S/C15H18N2S/c1-3-11-4-5-13-14(8-11)18-15(17-13)12-9-16-7-6-10(12)2/h6-7,9,11H,3-5,8H2,1-2H3. The molecule has 2 aromatic heterocycles. The van der Waals surface area contributed by atoms with Crippen molar-refractivity contribution in [3.05, 3.63) is 34.6 Å². The van der Waals surface area contributed by atoms with Gasteiger partial charge in [-0.1, -0.05) is 13.3 Å². The van der Waals surface area contributed by atoms with Crippen molar-refractivity contribution in [3.8, 4) is 10.6 Å². The predicted octanol–water partition coefficient (Wildman–Crippen LogP) is 4.03. The normalized spacial score (nSPS) is 18.7. The van der Waals surface area contributed by atoms with Gasteiger partial charge in [0.15, 0.2) is 0 Å². The minimum absolute atomic E-state index is 0.862. The highest BCUT2D eigenvalue weighted by Gasteiger charge is 2.22. The highest BCUT2D eigenvalue weighted by atomic mass is 32.1. The van der Waals surface area contributed by atoms with E-state index in [1.165, 1.54) is 41.0 Å². The average Bonchev–Trinajstić information content (AvgIpc) is 2.81. The van der Waals surface area contributed by atoms with Crippen molar-refractivity contribution in [3.63, 3.8) is 0 Å². The Labute approximate surface area is 112 Å². The van der Waals surface area contributed by atoms with Crippen LogP contribution in [0.1, 0.15) is 35.9 Å². The van der Waals surface area contributed by atoms with Crippen LogP contribution in [0.25, 0.3) is 10.6 Å². The molecule has 2 aromatic rings. The fourth-order valence-corrected chi connectivity index (χ4v) is 3.89. The average molecular weight is 258 g/mol. The summed E-state index contributed by atoms with van der Waals surface area (Å²) < 4.78 is 0. The number of thiazole rings is 1. The van der Waals surface area contributed by atoms with Gasteiger partial charge in [0.05, 0.1) is 5.69 Å². The topological polar surface area (TPSA) is 25.8 Å². The second kappa shape index (κ2) is 4.81. The molecule has 3 heteroatoms. The SMILES string of the molecule is CCC1CCc2nc(-c3cnccc3C)sc2C1. The van der Waals surface area contributed by atoms with Crippen LogP contribution >= 0.6 is 11.3 Å². The fourth-order valence-electron chi connectivity index (χ4n) is 2.59. The fraction of sp³-hybridized carbons (Fsp3) is 0.467. The van der Waals surface area contributed by atoms with Gasteiger partial charge in [0.2, 0.25) is 0 Å². The van der Waals surface area contributed by atoms with Gasteiger partial charge >= 0.3 is 0 Å². The zero-order valence-electron chi connectivity index (χ0n) is 10.9. The van der Waals surface area contributed by atoms with Crippen molar-refractivity contribution < 1.29 is 0 Å². The Balaban J connectivity index is 1.97. The van der Waals surface area contributed by atoms with Gasteiger partial charge < -0.3 is 0 Å². The van der Waals surface area contributed by atoms with E-state index in [4.69, 9.17) is 4.98 Å². The first-order valence-electron chi connectivity index (χ1n) is 6.67. The Morgan fingerprint density at radius 3 is 3.11 bits per heavy atom. The van der Waals surface area contributed by atoms with E-state index in [9.17, 15) is 0 Å². The molecule has 0 spiro atoms. The number of hydrogen-bond donors (Lipinski definition) is 0. The number of fused-ring (bicyclic) bond motifs is 1. The number of rotatable bonds is 2. The molecule has 2 nitrogen and oxygen atoms in total. The summed E-state index contributed by atoms with van der Waals surface area (Å²) in [6, 6.07) is 2.06. The smallest absolute Gasteiger partial charge is 0.125 e. The number of aryl methyl sites for hydroxylation is 2. The van der Waals surface area contributed by atoms with Crippen molar-refractivity contribution in [1.82, 2.24) is 9.97 Å². The molecular formula is C15H18N2S. The number of aromatic nitrogens is 2. The minimum atomic E-state index is 0.862. The molecule has 2 heterocycles. The second-order valence-electron chi connectivity index (χ2n) is 5.10. The van der Waals surface area contributed by atoms with Crippen molar-refractivity contribution in [2.45, 2.75) is 39.5 Å². The highest BCUT2D eigenvalue weighted by molar-refractivity contribution is 7.15. The van der Waals surface area contributed by atoms with E-state index in [0.29, 0.717) is 0 Å². The zero-order valence-corrected chi connectivity index (χ0v) is 11.8. The highest BCUT2D eigenvalue weighted by Crippen LogP contribution is 2.36. The summed E-state index contributed by atoms with van der Waals surface area (Å²) in [5.74, 6) is 0.862. The summed E-state index contributed by atoms with van der Waals surface area (Å²) in [5, 5.41) is 1.15. The molecule has 18 heavy (non-hydrogen) atoms. The molecule has 0 aromatic carbocycles. The molecule has 1 aliphatic rings. The Kier molecular flexibility index (Phi) is 3.16. The molecule has 1 unspecified atom stereocenters. The maximum Gasteiger partial charge on any atom is 0.125 e. The van der Waals surface area contributed by atoms with E-state index in [2.05, 4.69) is 24.9 Å². The lowest BCUT2D eigenvalue weighted by Gasteiger charge is -2.18. The summed E-state index contributed by atoms with van der Waals surface area (Å²) in [5.41, 5.74) is 3.80. The summed E-state index contributed by atoms with van der Waals surface area (Å²) in [6.45, 7) is 4.43. The maximum absolute atomic E-state index is 4.83. The van der Waals surface area contributed by atoms with E-state index in [-0.39, 0.29) is 0 Å². The molecule has 0 saturated carbocycles. The van der Waals surface area contributed by atoms with Crippen LogP contribution in [-0.4, -0.2) is 9.97 Å².